The summed E-state index contributed by atoms with van der Waals surface area (Å²) in [6.45, 7) is 0.370. The Balaban J connectivity index is 2.09. The van der Waals surface area contributed by atoms with E-state index in [-0.39, 0.29) is 0 Å². The van der Waals surface area contributed by atoms with Crippen LogP contribution in [0.5, 0.6) is 17.2 Å². The number of nitrogens with one attached hydrogen (secondary N) is 1. The van der Waals surface area contributed by atoms with Gasteiger partial charge in [0, 0.05) is 17.2 Å². The van der Waals surface area contributed by atoms with Crippen molar-refractivity contribution in [2.45, 2.75) is 0 Å². The molecule has 0 aliphatic carbocycles. The van der Waals surface area contributed by atoms with Crippen LogP contribution in [0.15, 0.2) is 12.1 Å². The zero-order chi connectivity index (χ0) is 13.2. The molecule has 1 aliphatic rings. The van der Waals surface area contributed by atoms with E-state index in [1.807, 2.05) is 12.1 Å². The van der Waals surface area contributed by atoms with Crippen LogP contribution >= 0.6 is 0 Å². The van der Waals surface area contributed by atoms with Gasteiger partial charge in [-0.05, 0) is 17.4 Å². The molecular weight excluding hydrogens is 248 g/mol. The first-order chi connectivity index (χ1) is 9.31. The van der Waals surface area contributed by atoms with Crippen LogP contribution in [0.4, 0.5) is 0 Å². The first-order valence-electron chi connectivity index (χ1n) is 5.65. The molecule has 0 spiro atoms. The molecule has 3 rings (SSSR count). The average Bonchev–Trinajstić information content (AvgIpc) is 2.99. The van der Waals surface area contributed by atoms with Crippen molar-refractivity contribution in [1.82, 2.24) is 20.6 Å². The summed E-state index contributed by atoms with van der Waals surface area (Å²) in [5.41, 5.74) is 1.71. The molecule has 19 heavy (non-hydrogen) atoms. The molecule has 1 aliphatic heterocycles. The van der Waals surface area contributed by atoms with Crippen molar-refractivity contribution in [3.8, 4) is 17.2 Å². The second-order valence-electron chi connectivity index (χ2n) is 3.94. The normalized spacial score (nSPS) is 13.3. The lowest BCUT2D eigenvalue weighted by molar-refractivity contribution is 0.323. The number of rotatable bonds is 3. The fourth-order valence-electron chi connectivity index (χ4n) is 1.93. The Bertz CT molecular complexity index is 622. The second kappa shape index (κ2) is 4.60. The summed E-state index contributed by atoms with van der Waals surface area (Å²) < 4.78 is 16.2. The summed E-state index contributed by atoms with van der Waals surface area (Å²) in [4.78, 5) is 0. The highest BCUT2D eigenvalue weighted by Gasteiger charge is 2.20. The maximum Gasteiger partial charge on any atom is 0.204 e. The van der Waals surface area contributed by atoms with E-state index in [4.69, 9.17) is 14.2 Å². The van der Waals surface area contributed by atoms with Crippen LogP contribution < -0.4 is 14.2 Å². The van der Waals surface area contributed by atoms with E-state index in [2.05, 4.69) is 20.6 Å². The molecule has 0 unspecified atom stereocenters. The monoisotopic (exact) mass is 260 g/mol. The number of methoxy groups -OCH3 is 2. The highest BCUT2D eigenvalue weighted by atomic mass is 16.5. The van der Waals surface area contributed by atoms with E-state index < -0.39 is 0 Å². The number of nitrogens with zero attached hydrogens (tertiary/aromatic N) is 3. The van der Waals surface area contributed by atoms with E-state index >= 15 is 0 Å². The summed E-state index contributed by atoms with van der Waals surface area (Å²) in [5.74, 6) is 2.55. The van der Waals surface area contributed by atoms with Crippen molar-refractivity contribution >= 4 is 11.6 Å². The van der Waals surface area contributed by atoms with Crippen LogP contribution in [0.1, 0.15) is 11.4 Å². The molecule has 98 valence electrons. The number of aromatic nitrogens is 4. The number of fused-ring (bicyclic) bond motifs is 1. The molecule has 1 N–H and O–H groups in total. The molecule has 2 heterocycles. The number of hydrogen-bond acceptors (Lipinski definition) is 6. The molecule has 7 nitrogen and oxygen atoms in total. The van der Waals surface area contributed by atoms with Gasteiger partial charge in [0.15, 0.2) is 11.5 Å². The fourth-order valence-corrected chi connectivity index (χ4v) is 1.93. The Kier molecular flexibility index (Phi) is 2.79. The van der Waals surface area contributed by atoms with Crippen molar-refractivity contribution in [2.75, 3.05) is 20.8 Å². The second-order valence-corrected chi connectivity index (χ2v) is 3.94. The number of benzene rings is 1. The topological polar surface area (TPSA) is 82.1 Å². The summed E-state index contributed by atoms with van der Waals surface area (Å²) in [6.07, 6.45) is 1.94. The van der Waals surface area contributed by atoms with Gasteiger partial charge in [0.05, 0.1) is 14.2 Å². The summed E-state index contributed by atoms with van der Waals surface area (Å²) in [6, 6.07) is 3.66. The molecule has 0 bridgehead atoms. The van der Waals surface area contributed by atoms with Crippen molar-refractivity contribution in [2.24, 2.45) is 0 Å². The molecular formula is C12H12N4O3. The number of tetrazole rings is 1. The van der Waals surface area contributed by atoms with Gasteiger partial charge >= 0.3 is 0 Å². The zero-order valence-electron chi connectivity index (χ0n) is 10.5. The van der Waals surface area contributed by atoms with E-state index in [0.717, 1.165) is 11.1 Å². The van der Waals surface area contributed by atoms with Gasteiger partial charge in [-0.2, -0.15) is 5.21 Å². The van der Waals surface area contributed by atoms with Crippen molar-refractivity contribution in [3.63, 3.8) is 0 Å². The summed E-state index contributed by atoms with van der Waals surface area (Å²) >= 11 is 0. The highest BCUT2D eigenvalue weighted by Crippen LogP contribution is 2.40. The molecule has 1 aromatic heterocycles. The van der Waals surface area contributed by atoms with Crippen LogP contribution in [0, 0.1) is 0 Å². The Morgan fingerprint density at radius 1 is 1.26 bits per heavy atom. The van der Waals surface area contributed by atoms with E-state index in [0.29, 0.717) is 29.7 Å². The summed E-state index contributed by atoms with van der Waals surface area (Å²) in [7, 11) is 3.20. The van der Waals surface area contributed by atoms with Gasteiger partial charge in [0.1, 0.15) is 12.4 Å². The first kappa shape index (κ1) is 11.5. The molecule has 1 aromatic carbocycles. The third-order valence-electron chi connectivity index (χ3n) is 2.85. The Hall–Kier alpha value is -2.57. The van der Waals surface area contributed by atoms with Crippen LogP contribution in [-0.2, 0) is 0 Å². The van der Waals surface area contributed by atoms with Crippen molar-refractivity contribution in [1.29, 1.82) is 0 Å². The van der Waals surface area contributed by atoms with Crippen LogP contribution in [0.2, 0.25) is 0 Å². The van der Waals surface area contributed by atoms with E-state index in [9.17, 15) is 0 Å². The number of hydrogen-bond donors (Lipinski definition) is 1. The van der Waals surface area contributed by atoms with Gasteiger partial charge in [-0.3, -0.25) is 0 Å². The Morgan fingerprint density at radius 3 is 2.84 bits per heavy atom. The summed E-state index contributed by atoms with van der Waals surface area (Å²) in [5, 5.41) is 13.8. The first-order valence-corrected chi connectivity index (χ1v) is 5.65. The predicted octanol–water partition coefficient (Wildman–Crippen LogP) is 1.15. The average molecular weight is 260 g/mol. The van der Waals surface area contributed by atoms with Gasteiger partial charge in [0.25, 0.3) is 0 Å². The SMILES string of the molecule is COc1cc2c(c(OC)c1)OCC(c1nn[nH]n1)=C2. The number of aromatic amines is 1. The van der Waals surface area contributed by atoms with Gasteiger partial charge in [-0.25, -0.2) is 0 Å². The largest absolute Gasteiger partial charge is 0.497 e. The molecule has 0 amide bonds. The molecule has 0 saturated heterocycles. The van der Waals surface area contributed by atoms with Crippen LogP contribution in [0.25, 0.3) is 11.6 Å². The maximum atomic E-state index is 5.71. The molecule has 0 saturated carbocycles. The Morgan fingerprint density at radius 2 is 2.16 bits per heavy atom. The van der Waals surface area contributed by atoms with Gasteiger partial charge in [0.2, 0.25) is 5.82 Å². The standard InChI is InChI=1S/C12H12N4O3/c1-17-9-4-7-3-8(12-13-15-16-14-12)6-19-11(7)10(5-9)18-2/h3-5H,6H2,1-2H3,(H,13,14,15,16). The smallest absolute Gasteiger partial charge is 0.204 e. The Labute approximate surface area is 109 Å². The van der Waals surface area contributed by atoms with Gasteiger partial charge < -0.3 is 14.2 Å². The van der Waals surface area contributed by atoms with Crippen LogP contribution in [-0.4, -0.2) is 41.5 Å². The van der Waals surface area contributed by atoms with E-state index in [1.54, 1.807) is 20.3 Å². The molecule has 0 fully saturated rings. The highest BCUT2D eigenvalue weighted by molar-refractivity contribution is 5.84. The van der Waals surface area contributed by atoms with Gasteiger partial charge in [-0.1, -0.05) is 0 Å². The third-order valence-corrected chi connectivity index (χ3v) is 2.85. The molecule has 0 atom stereocenters. The lowest BCUT2D eigenvalue weighted by Crippen LogP contribution is -2.09. The zero-order valence-corrected chi connectivity index (χ0v) is 10.5. The van der Waals surface area contributed by atoms with E-state index in [1.165, 1.54) is 0 Å². The minimum atomic E-state index is 0.370. The van der Waals surface area contributed by atoms with Crippen molar-refractivity contribution < 1.29 is 14.2 Å². The molecule has 7 heteroatoms. The van der Waals surface area contributed by atoms with Crippen LogP contribution in [0.3, 0.4) is 0 Å². The number of ether oxygens (including phenoxy) is 3. The lowest BCUT2D eigenvalue weighted by Gasteiger charge is -2.19. The van der Waals surface area contributed by atoms with Crippen molar-refractivity contribution in [3.05, 3.63) is 23.5 Å². The quantitative estimate of drug-likeness (QED) is 0.891. The lowest BCUT2D eigenvalue weighted by atomic mass is 10.1. The third kappa shape index (κ3) is 1.99. The minimum Gasteiger partial charge on any atom is -0.497 e. The predicted molar refractivity (Wildman–Crippen MR) is 67.1 cm³/mol. The molecule has 2 aromatic rings. The minimum absolute atomic E-state index is 0.370. The van der Waals surface area contributed by atoms with Gasteiger partial charge in [-0.15, -0.1) is 10.2 Å². The maximum absolute atomic E-state index is 5.71. The number of H-pyrrole nitrogens is 1. The molecule has 0 radical (unpaired) electrons. The fraction of sp³-hybridized carbons (Fsp3) is 0.250.